The van der Waals surface area contributed by atoms with Gasteiger partial charge in [0.25, 0.3) is 0 Å². The minimum absolute atomic E-state index is 0.920. The molecule has 0 aliphatic heterocycles. The molecule has 1 heterocycles. The van der Waals surface area contributed by atoms with E-state index in [1.807, 2.05) is 0 Å². The zero-order valence-electron chi connectivity index (χ0n) is 28.4. The van der Waals surface area contributed by atoms with Crippen molar-refractivity contribution in [3.05, 3.63) is 200 Å². The zero-order chi connectivity index (χ0) is 34.4. The second-order valence-electron chi connectivity index (χ2n) is 13.3. The maximum atomic E-state index is 5.23. The Morgan fingerprint density at radius 1 is 0.365 bits per heavy atom. The highest BCUT2D eigenvalue weighted by atomic mass is 15.1. The number of benzene rings is 9. The number of aromatic nitrogens is 2. The Morgan fingerprint density at radius 3 is 1.65 bits per heavy atom. The van der Waals surface area contributed by atoms with Crippen LogP contribution in [0, 0.1) is 0 Å². The molecule has 3 heteroatoms. The summed E-state index contributed by atoms with van der Waals surface area (Å²) in [7, 11) is 0. The quantitative estimate of drug-likeness (QED) is 0.177. The van der Waals surface area contributed by atoms with Gasteiger partial charge in [0, 0.05) is 33.7 Å². The summed E-state index contributed by atoms with van der Waals surface area (Å²) in [6, 6.07) is 71.6. The molecule has 1 aromatic heterocycles. The summed E-state index contributed by atoms with van der Waals surface area (Å²) < 4.78 is 2.30. The molecule has 0 bridgehead atoms. The lowest BCUT2D eigenvalue weighted by Gasteiger charge is -2.26. The van der Waals surface area contributed by atoms with Gasteiger partial charge in [0.05, 0.1) is 11.0 Å². The Hall–Kier alpha value is -6.97. The molecule has 3 nitrogen and oxygen atoms in total. The molecule has 0 atom stereocenters. The van der Waals surface area contributed by atoms with Crippen LogP contribution in [0.25, 0.3) is 71.6 Å². The smallest absolute Gasteiger partial charge is 0.145 e. The van der Waals surface area contributed by atoms with Crippen LogP contribution in [0.5, 0.6) is 0 Å². The predicted molar refractivity (Wildman–Crippen MR) is 219 cm³/mol. The molecule has 244 valence electrons. The largest absolute Gasteiger partial charge is 0.310 e. The number of hydrogen-bond donors (Lipinski definition) is 0. The topological polar surface area (TPSA) is 21.1 Å². The highest BCUT2D eigenvalue weighted by Crippen LogP contribution is 2.39. The van der Waals surface area contributed by atoms with E-state index in [4.69, 9.17) is 4.98 Å². The van der Waals surface area contributed by atoms with Crippen LogP contribution in [0.2, 0.25) is 0 Å². The number of rotatable bonds is 6. The fourth-order valence-corrected chi connectivity index (χ4v) is 7.57. The molecule has 0 amide bonds. The number of anilines is 3. The van der Waals surface area contributed by atoms with Crippen molar-refractivity contribution in [1.82, 2.24) is 9.55 Å². The summed E-state index contributed by atoms with van der Waals surface area (Å²) in [5, 5.41) is 7.32. The van der Waals surface area contributed by atoms with E-state index in [0.29, 0.717) is 0 Å². The summed E-state index contributed by atoms with van der Waals surface area (Å²) >= 11 is 0. The molecule has 0 saturated carbocycles. The van der Waals surface area contributed by atoms with Gasteiger partial charge in [-0.15, -0.1) is 0 Å². The summed E-state index contributed by atoms with van der Waals surface area (Å²) in [6.45, 7) is 0. The third-order valence-electron chi connectivity index (χ3n) is 10.1. The van der Waals surface area contributed by atoms with E-state index in [0.717, 1.165) is 45.2 Å². The third-order valence-corrected chi connectivity index (χ3v) is 10.1. The Kier molecular flexibility index (Phi) is 7.14. The standard InChI is InChI=1S/C49H33N3/c1-3-14-42(15-4-1)51(45-29-25-40-32-39(21-22-41(40)33-45)38-20-19-34-11-7-8-13-37(34)31-38)44-27-23-36(24-28-44)49-50-47-30-26-35-12-9-10-18-46(35)48(47)52(49)43-16-5-2-6-17-43/h1-33H. The van der Waals surface area contributed by atoms with Crippen molar-refractivity contribution in [2.45, 2.75) is 0 Å². The number of imidazole rings is 1. The van der Waals surface area contributed by atoms with E-state index in [1.54, 1.807) is 0 Å². The molecule has 0 aliphatic rings. The van der Waals surface area contributed by atoms with Gasteiger partial charge in [-0.05, 0) is 117 Å². The van der Waals surface area contributed by atoms with Crippen molar-refractivity contribution in [2.24, 2.45) is 0 Å². The summed E-state index contributed by atoms with van der Waals surface area (Å²) in [4.78, 5) is 7.56. The fourth-order valence-electron chi connectivity index (χ4n) is 7.57. The van der Waals surface area contributed by atoms with Crippen molar-refractivity contribution in [2.75, 3.05) is 4.90 Å². The molecular formula is C49H33N3. The lowest BCUT2D eigenvalue weighted by atomic mass is 9.98. The van der Waals surface area contributed by atoms with Gasteiger partial charge in [0.1, 0.15) is 5.82 Å². The fraction of sp³-hybridized carbons (Fsp3) is 0. The van der Waals surface area contributed by atoms with E-state index in [1.165, 1.54) is 43.4 Å². The van der Waals surface area contributed by atoms with E-state index >= 15 is 0 Å². The minimum Gasteiger partial charge on any atom is -0.310 e. The van der Waals surface area contributed by atoms with E-state index < -0.39 is 0 Å². The van der Waals surface area contributed by atoms with Crippen LogP contribution in [0.3, 0.4) is 0 Å². The molecule has 0 radical (unpaired) electrons. The molecule has 0 aliphatic carbocycles. The average Bonchev–Trinajstić information content (AvgIpc) is 3.62. The van der Waals surface area contributed by atoms with Gasteiger partial charge in [-0.25, -0.2) is 4.98 Å². The van der Waals surface area contributed by atoms with Crippen molar-refractivity contribution in [3.8, 4) is 28.2 Å². The zero-order valence-corrected chi connectivity index (χ0v) is 28.4. The van der Waals surface area contributed by atoms with E-state index in [-0.39, 0.29) is 0 Å². The van der Waals surface area contributed by atoms with Crippen molar-refractivity contribution in [1.29, 1.82) is 0 Å². The van der Waals surface area contributed by atoms with E-state index in [2.05, 4.69) is 210 Å². The maximum absolute atomic E-state index is 5.23. The van der Waals surface area contributed by atoms with Gasteiger partial charge in [-0.2, -0.15) is 0 Å². The average molecular weight is 664 g/mol. The first-order chi connectivity index (χ1) is 25.8. The van der Waals surface area contributed by atoms with E-state index in [9.17, 15) is 0 Å². The molecule has 0 fully saturated rings. The van der Waals surface area contributed by atoms with Crippen LogP contribution in [0.1, 0.15) is 0 Å². The number of nitrogens with zero attached hydrogens (tertiary/aromatic N) is 3. The van der Waals surface area contributed by atoms with Gasteiger partial charge in [0.15, 0.2) is 0 Å². The van der Waals surface area contributed by atoms with Gasteiger partial charge in [0.2, 0.25) is 0 Å². The highest BCUT2D eigenvalue weighted by molar-refractivity contribution is 6.06. The Bertz CT molecular complexity index is 2890. The number of hydrogen-bond acceptors (Lipinski definition) is 2. The monoisotopic (exact) mass is 663 g/mol. The lowest BCUT2D eigenvalue weighted by Crippen LogP contribution is -2.09. The van der Waals surface area contributed by atoms with Crippen molar-refractivity contribution < 1.29 is 0 Å². The lowest BCUT2D eigenvalue weighted by molar-refractivity contribution is 1.11. The van der Waals surface area contributed by atoms with Crippen molar-refractivity contribution >= 4 is 60.4 Å². The van der Waals surface area contributed by atoms with Crippen LogP contribution in [0.4, 0.5) is 17.1 Å². The number of fused-ring (bicyclic) bond motifs is 5. The highest BCUT2D eigenvalue weighted by Gasteiger charge is 2.18. The molecule has 10 rings (SSSR count). The molecule has 9 aromatic carbocycles. The Morgan fingerprint density at radius 2 is 0.885 bits per heavy atom. The summed E-state index contributed by atoms with van der Waals surface area (Å²) in [5.74, 6) is 0.920. The molecule has 0 N–H and O–H groups in total. The Balaban J connectivity index is 1.06. The molecule has 10 aromatic rings. The van der Waals surface area contributed by atoms with Crippen LogP contribution in [-0.4, -0.2) is 9.55 Å². The normalized spacial score (nSPS) is 11.5. The predicted octanol–water partition coefficient (Wildman–Crippen LogP) is 13.3. The van der Waals surface area contributed by atoms with Crippen LogP contribution >= 0.6 is 0 Å². The molecule has 0 unspecified atom stereocenters. The SMILES string of the molecule is c1ccc(N(c2ccc(-c3nc4ccc5ccccc5c4n3-c3ccccc3)cc2)c2ccc3cc(-c4ccc5ccccc5c4)ccc3c2)cc1. The third kappa shape index (κ3) is 5.19. The first-order valence-electron chi connectivity index (χ1n) is 17.7. The van der Waals surface area contributed by atoms with Gasteiger partial charge in [-0.1, -0.05) is 121 Å². The van der Waals surface area contributed by atoms with Crippen LogP contribution in [-0.2, 0) is 0 Å². The van der Waals surface area contributed by atoms with Crippen LogP contribution < -0.4 is 4.90 Å². The minimum atomic E-state index is 0.920. The summed E-state index contributed by atoms with van der Waals surface area (Å²) in [6.07, 6.45) is 0. The first kappa shape index (κ1) is 29.9. The molecule has 0 saturated heterocycles. The molecular weight excluding hydrogens is 631 g/mol. The van der Waals surface area contributed by atoms with Crippen molar-refractivity contribution in [3.63, 3.8) is 0 Å². The second-order valence-corrected chi connectivity index (χ2v) is 13.3. The first-order valence-corrected chi connectivity index (χ1v) is 17.7. The number of para-hydroxylation sites is 2. The van der Waals surface area contributed by atoms with Gasteiger partial charge >= 0.3 is 0 Å². The molecule has 0 spiro atoms. The van der Waals surface area contributed by atoms with Crippen LogP contribution in [0.15, 0.2) is 200 Å². The van der Waals surface area contributed by atoms with Gasteiger partial charge < -0.3 is 4.90 Å². The second kappa shape index (κ2) is 12.4. The molecule has 52 heavy (non-hydrogen) atoms. The maximum Gasteiger partial charge on any atom is 0.145 e. The van der Waals surface area contributed by atoms with Gasteiger partial charge in [-0.3, -0.25) is 4.57 Å². The summed E-state index contributed by atoms with van der Waals surface area (Å²) in [5.41, 5.74) is 9.97. The Labute approximate surface area is 302 Å².